The van der Waals surface area contributed by atoms with Crippen LogP contribution in [-0.2, 0) is 0 Å². The van der Waals surface area contributed by atoms with Gasteiger partial charge in [0.15, 0.2) is 0 Å². The standard InChI is InChI=1S/C11H10ClN/c1-7-3-6-10(12)11-9(7)5-4-8(2)13-11/h3-6H,1-2H3. The summed E-state index contributed by atoms with van der Waals surface area (Å²) in [7, 11) is 0. The maximum Gasteiger partial charge on any atom is 0.0893 e. The number of nitrogens with zero attached hydrogens (tertiary/aromatic N) is 1. The van der Waals surface area contributed by atoms with Crippen LogP contribution in [0.1, 0.15) is 11.3 Å². The Balaban J connectivity index is 2.92. The van der Waals surface area contributed by atoms with Gasteiger partial charge >= 0.3 is 0 Å². The maximum absolute atomic E-state index is 6.04. The lowest BCUT2D eigenvalue weighted by Gasteiger charge is -2.03. The number of hydrogen-bond acceptors (Lipinski definition) is 1. The minimum absolute atomic E-state index is 0.726. The van der Waals surface area contributed by atoms with Crippen LogP contribution in [0.5, 0.6) is 0 Å². The van der Waals surface area contributed by atoms with Crippen LogP contribution in [0.2, 0.25) is 5.02 Å². The highest BCUT2D eigenvalue weighted by atomic mass is 35.5. The van der Waals surface area contributed by atoms with Crippen molar-refractivity contribution in [1.29, 1.82) is 0 Å². The largest absolute Gasteiger partial charge is 0.252 e. The van der Waals surface area contributed by atoms with Gasteiger partial charge in [0.05, 0.1) is 10.5 Å². The van der Waals surface area contributed by atoms with Crippen molar-refractivity contribution in [1.82, 2.24) is 4.98 Å². The number of rotatable bonds is 0. The topological polar surface area (TPSA) is 12.9 Å². The van der Waals surface area contributed by atoms with Gasteiger partial charge in [0.25, 0.3) is 0 Å². The highest BCUT2D eigenvalue weighted by Crippen LogP contribution is 2.24. The van der Waals surface area contributed by atoms with E-state index in [2.05, 4.69) is 18.0 Å². The van der Waals surface area contributed by atoms with E-state index in [-0.39, 0.29) is 0 Å². The average molecular weight is 192 g/mol. The van der Waals surface area contributed by atoms with Gasteiger partial charge in [-0.3, -0.25) is 4.98 Å². The summed E-state index contributed by atoms with van der Waals surface area (Å²) in [5, 5.41) is 1.86. The molecule has 0 aliphatic carbocycles. The van der Waals surface area contributed by atoms with Crippen LogP contribution in [0.3, 0.4) is 0 Å². The number of benzene rings is 1. The fraction of sp³-hybridized carbons (Fsp3) is 0.182. The summed E-state index contributed by atoms with van der Waals surface area (Å²) in [4.78, 5) is 4.40. The van der Waals surface area contributed by atoms with Gasteiger partial charge in [-0.1, -0.05) is 23.7 Å². The van der Waals surface area contributed by atoms with Crippen molar-refractivity contribution in [3.63, 3.8) is 0 Å². The van der Waals surface area contributed by atoms with E-state index in [4.69, 9.17) is 11.6 Å². The van der Waals surface area contributed by atoms with Crippen LogP contribution >= 0.6 is 11.6 Å². The second-order valence-corrected chi connectivity index (χ2v) is 3.62. The number of aromatic nitrogens is 1. The number of halogens is 1. The maximum atomic E-state index is 6.04. The van der Waals surface area contributed by atoms with Crippen molar-refractivity contribution in [2.75, 3.05) is 0 Å². The molecule has 0 N–H and O–H groups in total. The molecule has 0 aliphatic rings. The Morgan fingerprint density at radius 2 is 1.85 bits per heavy atom. The van der Waals surface area contributed by atoms with E-state index >= 15 is 0 Å². The fourth-order valence-corrected chi connectivity index (χ4v) is 1.63. The van der Waals surface area contributed by atoms with E-state index in [9.17, 15) is 0 Å². The van der Waals surface area contributed by atoms with Crippen LogP contribution in [0.25, 0.3) is 10.9 Å². The lowest BCUT2D eigenvalue weighted by Crippen LogP contribution is -1.86. The minimum Gasteiger partial charge on any atom is -0.252 e. The molecule has 0 unspecified atom stereocenters. The molecule has 0 spiro atoms. The molecule has 0 fully saturated rings. The van der Waals surface area contributed by atoms with Gasteiger partial charge in [0.2, 0.25) is 0 Å². The second-order valence-electron chi connectivity index (χ2n) is 3.21. The predicted octanol–water partition coefficient (Wildman–Crippen LogP) is 3.51. The molecule has 0 amide bonds. The van der Waals surface area contributed by atoms with Gasteiger partial charge in [-0.05, 0) is 31.5 Å². The Morgan fingerprint density at radius 1 is 1.08 bits per heavy atom. The molecule has 1 heterocycles. The Kier molecular flexibility index (Phi) is 1.97. The molecule has 13 heavy (non-hydrogen) atoms. The van der Waals surface area contributed by atoms with E-state index in [0.29, 0.717) is 0 Å². The van der Waals surface area contributed by atoms with Crippen LogP contribution in [0.15, 0.2) is 24.3 Å². The molecule has 2 aromatic rings. The fourth-order valence-electron chi connectivity index (χ4n) is 1.42. The van der Waals surface area contributed by atoms with Crippen molar-refractivity contribution < 1.29 is 0 Å². The van der Waals surface area contributed by atoms with Crippen LogP contribution in [-0.4, -0.2) is 4.98 Å². The van der Waals surface area contributed by atoms with Gasteiger partial charge in [-0.25, -0.2) is 0 Å². The molecule has 2 rings (SSSR count). The molecule has 2 heteroatoms. The van der Waals surface area contributed by atoms with Crippen LogP contribution in [0, 0.1) is 13.8 Å². The van der Waals surface area contributed by atoms with Gasteiger partial charge < -0.3 is 0 Å². The van der Waals surface area contributed by atoms with E-state index in [1.54, 1.807) is 0 Å². The molecule has 0 atom stereocenters. The zero-order valence-electron chi connectivity index (χ0n) is 7.63. The first-order chi connectivity index (χ1) is 6.18. The number of fused-ring (bicyclic) bond motifs is 1. The second kappa shape index (κ2) is 3.00. The number of pyridine rings is 1. The molecule has 1 aromatic heterocycles. The van der Waals surface area contributed by atoms with E-state index < -0.39 is 0 Å². The Morgan fingerprint density at radius 3 is 2.62 bits per heavy atom. The van der Waals surface area contributed by atoms with Gasteiger partial charge in [0, 0.05) is 11.1 Å². The van der Waals surface area contributed by atoms with E-state index in [0.717, 1.165) is 21.6 Å². The molecular weight excluding hydrogens is 182 g/mol. The highest BCUT2D eigenvalue weighted by Gasteiger charge is 2.02. The summed E-state index contributed by atoms with van der Waals surface area (Å²) in [5.74, 6) is 0. The first-order valence-corrected chi connectivity index (χ1v) is 4.59. The summed E-state index contributed by atoms with van der Waals surface area (Å²) < 4.78 is 0. The van der Waals surface area contributed by atoms with Crippen molar-refractivity contribution in [2.24, 2.45) is 0 Å². The molecule has 0 bridgehead atoms. The average Bonchev–Trinajstić information content (AvgIpc) is 2.12. The van der Waals surface area contributed by atoms with Crippen molar-refractivity contribution >= 4 is 22.5 Å². The zero-order chi connectivity index (χ0) is 9.42. The summed E-state index contributed by atoms with van der Waals surface area (Å²) in [6.45, 7) is 4.04. The Labute approximate surface area is 82.4 Å². The smallest absolute Gasteiger partial charge is 0.0893 e. The zero-order valence-corrected chi connectivity index (χ0v) is 8.39. The first-order valence-electron chi connectivity index (χ1n) is 4.21. The molecular formula is C11H10ClN. The number of hydrogen-bond donors (Lipinski definition) is 0. The lowest BCUT2D eigenvalue weighted by molar-refractivity contribution is 1.25. The lowest BCUT2D eigenvalue weighted by atomic mass is 10.1. The van der Waals surface area contributed by atoms with Gasteiger partial charge in [0.1, 0.15) is 0 Å². The third-order valence-electron chi connectivity index (χ3n) is 2.17. The van der Waals surface area contributed by atoms with Crippen LogP contribution < -0.4 is 0 Å². The molecule has 1 aromatic carbocycles. The molecule has 0 saturated heterocycles. The van der Waals surface area contributed by atoms with Gasteiger partial charge in [-0.2, -0.15) is 0 Å². The molecule has 1 nitrogen and oxygen atoms in total. The summed E-state index contributed by atoms with van der Waals surface area (Å²) in [6, 6.07) is 7.98. The van der Waals surface area contributed by atoms with Crippen LogP contribution in [0.4, 0.5) is 0 Å². The third-order valence-corrected chi connectivity index (χ3v) is 2.47. The normalized spacial score (nSPS) is 10.7. The van der Waals surface area contributed by atoms with Crippen molar-refractivity contribution in [3.8, 4) is 0 Å². The molecule has 66 valence electrons. The Hall–Kier alpha value is -1.08. The molecule has 0 radical (unpaired) electrons. The van der Waals surface area contributed by atoms with Crippen molar-refractivity contribution in [3.05, 3.63) is 40.5 Å². The minimum atomic E-state index is 0.726. The third kappa shape index (κ3) is 1.40. The molecule has 0 saturated carbocycles. The SMILES string of the molecule is Cc1ccc2c(C)ccc(Cl)c2n1. The summed E-state index contributed by atoms with van der Waals surface area (Å²) in [5.41, 5.74) is 3.12. The first kappa shape index (κ1) is 8.52. The quantitative estimate of drug-likeness (QED) is 0.621. The summed E-state index contributed by atoms with van der Waals surface area (Å²) in [6.07, 6.45) is 0. The number of aryl methyl sites for hydroxylation is 2. The van der Waals surface area contributed by atoms with E-state index in [1.807, 2.05) is 25.1 Å². The van der Waals surface area contributed by atoms with E-state index in [1.165, 1.54) is 5.56 Å². The predicted molar refractivity (Wildman–Crippen MR) is 56.2 cm³/mol. The van der Waals surface area contributed by atoms with Crippen molar-refractivity contribution in [2.45, 2.75) is 13.8 Å². The molecule has 0 aliphatic heterocycles. The summed E-state index contributed by atoms with van der Waals surface area (Å²) >= 11 is 6.04. The highest BCUT2D eigenvalue weighted by molar-refractivity contribution is 6.35. The van der Waals surface area contributed by atoms with Gasteiger partial charge in [-0.15, -0.1) is 0 Å². The Bertz CT molecular complexity index is 463. The monoisotopic (exact) mass is 191 g/mol.